The summed E-state index contributed by atoms with van der Waals surface area (Å²) in [5, 5.41) is 9.72. The maximum absolute atomic E-state index is 8.64. The summed E-state index contributed by atoms with van der Waals surface area (Å²) in [6.07, 6.45) is 2.88. The van der Waals surface area contributed by atoms with Gasteiger partial charge in [0.05, 0.1) is 24.9 Å². The molecule has 0 saturated carbocycles. The third-order valence-electron chi connectivity index (χ3n) is 4.83. The summed E-state index contributed by atoms with van der Waals surface area (Å²) in [5.74, 6) is 0. The van der Waals surface area contributed by atoms with Gasteiger partial charge in [-0.15, -0.1) is 11.3 Å². The van der Waals surface area contributed by atoms with Crippen molar-refractivity contribution < 1.29 is 4.74 Å². The molecule has 6 nitrogen and oxygen atoms in total. The number of rotatable bonds is 3. The molecule has 23 heavy (non-hydrogen) atoms. The van der Waals surface area contributed by atoms with E-state index in [0.29, 0.717) is 5.49 Å². The Hall–Kier alpha value is -1.28. The van der Waals surface area contributed by atoms with Crippen molar-refractivity contribution in [3.63, 3.8) is 0 Å². The van der Waals surface area contributed by atoms with Gasteiger partial charge < -0.3 is 14.2 Å². The summed E-state index contributed by atoms with van der Waals surface area (Å²) in [4.78, 5) is 11.8. The molecule has 0 unspecified atom stereocenters. The normalized spacial score (nSPS) is 20.0. The van der Waals surface area contributed by atoms with Crippen LogP contribution in [0.25, 0.3) is 10.2 Å². The van der Waals surface area contributed by atoms with Crippen LogP contribution >= 0.6 is 11.3 Å². The Morgan fingerprint density at radius 1 is 1.26 bits per heavy atom. The fourth-order valence-electron chi connectivity index (χ4n) is 3.42. The number of ether oxygens (including phenoxy) is 1. The van der Waals surface area contributed by atoms with E-state index < -0.39 is 0 Å². The molecule has 0 bridgehead atoms. The van der Waals surface area contributed by atoms with E-state index in [-0.39, 0.29) is 0 Å². The van der Waals surface area contributed by atoms with Gasteiger partial charge in [-0.3, -0.25) is 10.3 Å². The first-order valence-corrected chi connectivity index (χ1v) is 9.07. The average molecular weight is 333 g/mol. The zero-order valence-electron chi connectivity index (χ0n) is 13.5. The van der Waals surface area contributed by atoms with Crippen molar-refractivity contribution in [2.24, 2.45) is 0 Å². The number of morpholine rings is 1. The monoisotopic (exact) mass is 333 g/mol. The van der Waals surface area contributed by atoms with Crippen molar-refractivity contribution >= 4 is 21.6 Å². The SMILES string of the molecule is CN1CCc2c(sc3ncn(CCN4CCOCC4)c(=N)c23)C1. The lowest BCUT2D eigenvalue weighted by Gasteiger charge is -2.26. The number of hydrogen-bond donors (Lipinski definition) is 1. The minimum Gasteiger partial charge on any atom is -0.379 e. The molecule has 2 aliphatic heterocycles. The highest BCUT2D eigenvalue weighted by atomic mass is 32.1. The van der Waals surface area contributed by atoms with Crippen molar-refractivity contribution in [3.8, 4) is 0 Å². The predicted octanol–water partition coefficient (Wildman–Crippen LogP) is 0.897. The van der Waals surface area contributed by atoms with E-state index in [2.05, 4.69) is 21.8 Å². The van der Waals surface area contributed by atoms with Crippen molar-refractivity contribution in [1.82, 2.24) is 19.4 Å². The number of nitrogens with zero attached hydrogens (tertiary/aromatic N) is 4. The Morgan fingerprint density at radius 2 is 2.09 bits per heavy atom. The van der Waals surface area contributed by atoms with E-state index in [0.717, 1.165) is 69.1 Å². The number of aromatic nitrogens is 2. The largest absolute Gasteiger partial charge is 0.379 e. The molecule has 2 aromatic heterocycles. The number of likely N-dealkylation sites (N-methyl/N-ethyl adjacent to an activating group) is 1. The second-order valence-corrected chi connectivity index (χ2v) is 7.50. The zero-order valence-corrected chi connectivity index (χ0v) is 14.4. The maximum Gasteiger partial charge on any atom is 0.136 e. The third kappa shape index (κ3) is 2.94. The summed E-state index contributed by atoms with van der Waals surface area (Å²) < 4.78 is 7.40. The first-order valence-electron chi connectivity index (χ1n) is 8.25. The van der Waals surface area contributed by atoms with Gasteiger partial charge in [0.1, 0.15) is 10.3 Å². The Balaban J connectivity index is 1.61. The van der Waals surface area contributed by atoms with Crippen molar-refractivity contribution in [3.05, 3.63) is 22.3 Å². The van der Waals surface area contributed by atoms with Gasteiger partial charge in [-0.05, 0) is 19.0 Å². The highest BCUT2D eigenvalue weighted by Crippen LogP contribution is 2.31. The molecular weight excluding hydrogens is 310 g/mol. The van der Waals surface area contributed by atoms with Gasteiger partial charge in [0.15, 0.2) is 0 Å². The number of thiophene rings is 1. The first kappa shape index (κ1) is 15.3. The first-order chi connectivity index (χ1) is 11.2. The van der Waals surface area contributed by atoms with Gasteiger partial charge in [-0.25, -0.2) is 4.98 Å². The second-order valence-electron chi connectivity index (χ2n) is 6.41. The summed E-state index contributed by atoms with van der Waals surface area (Å²) in [6, 6.07) is 0. The molecule has 0 amide bonds. The summed E-state index contributed by atoms with van der Waals surface area (Å²) in [6.45, 7) is 7.47. The van der Waals surface area contributed by atoms with Crippen molar-refractivity contribution in [2.45, 2.75) is 19.5 Å². The fourth-order valence-corrected chi connectivity index (χ4v) is 4.69. The summed E-state index contributed by atoms with van der Waals surface area (Å²) in [7, 11) is 2.16. The van der Waals surface area contributed by atoms with Crippen LogP contribution in [0.1, 0.15) is 10.4 Å². The van der Waals surface area contributed by atoms with Crippen LogP contribution in [0.15, 0.2) is 6.33 Å². The lowest BCUT2D eigenvalue weighted by Crippen LogP contribution is -2.39. The lowest BCUT2D eigenvalue weighted by molar-refractivity contribution is 0.0362. The molecule has 2 aliphatic rings. The van der Waals surface area contributed by atoms with Crippen LogP contribution in [0.3, 0.4) is 0 Å². The van der Waals surface area contributed by atoms with Crippen molar-refractivity contribution in [2.75, 3.05) is 46.4 Å². The Bertz CT molecular complexity index is 762. The van der Waals surface area contributed by atoms with E-state index in [9.17, 15) is 0 Å². The maximum atomic E-state index is 8.64. The van der Waals surface area contributed by atoms with E-state index in [1.54, 1.807) is 11.3 Å². The molecule has 2 aromatic rings. The molecule has 0 aliphatic carbocycles. The topological polar surface area (TPSA) is 57.4 Å². The van der Waals surface area contributed by atoms with E-state index in [4.69, 9.17) is 10.1 Å². The molecule has 124 valence electrons. The van der Waals surface area contributed by atoms with E-state index in [1.165, 1.54) is 10.4 Å². The van der Waals surface area contributed by atoms with Crippen molar-refractivity contribution in [1.29, 1.82) is 5.41 Å². The molecule has 1 fully saturated rings. The average Bonchev–Trinajstić information content (AvgIpc) is 2.93. The third-order valence-corrected chi connectivity index (χ3v) is 5.95. The molecule has 1 N–H and O–H groups in total. The minimum atomic E-state index is 0.630. The molecule has 1 saturated heterocycles. The summed E-state index contributed by atoms with van der Waals surface area (Å²) in [5.41, 5.74) is 1.99. The lowest BCUT2D eigenvalue weighted by atomic mass is 10.1. The van der Waals surface area contributed by atoms with Crippen LogP contribution in [0.5, 0.6) is 0 Å². The second kappa shape index (κ2) is 6.32. The van der Waals surface area contributed by atoms with Gasteiger partial charge >= 0.3 is 0 Å². The predicted molar refractivity (Wildman–Crippen MR) is 90.8 cm³/mol. The number of hydrogen-bond acceptors (Lipinski definition) is 6. The van der Waals surface area contributed by atoms with Gasteiger partial charge in [0.25, 0.3) is 0 Å². The molecular formula is C16H23N5OS. The molecule has 7 heteroatoms. The fraction of sp³-hybridized carbons (Fsp3) is 0.625. The van der Waals surface area contributed by atoms with Crippen LogP contribution in [-0.2, 0) is 24.2 Å². The quantitative estimate of drug-likeness (QED) is 0.907. The molecule has 4 rings (SSSR count). The van der Waals surface area contributed by atoms with E-state index in [1.807, 2.05) is 10.9 Å². The smallest absolute Gasteiger partial charge is 0.136 e. The van der Waals surface area contributed by atoms with Crippen LogP contribution < -0.4 is 5.49 Å². The summed E-state index contributed by atoms with van der Waals surface area (Å²) >= 11 is 1.76. The van der Waals surface area contributed by atoms with Crippen LogP contribution in [0.2, 0.25) is 0 Å². The Labute approximate surface area is 139 Å². The van der Waals surface area contributed by atoms with Crippen LogP contribution in [-0.4, -0.2) is 65.8 Å². The van der Waals surface area contributed by atoms with E-state index >= 15 is 0 Å². The standard InChI is InChI=1S/C16H23N5OS/c1-19-3-2-12-13(10-19)23-16-14(12)15(17)21(11-18-16)5-4-20-6-8-22-9-7-20/h11,17H,2-10H2,1H3. The number of nitrogens with one attached hydrogen (secondary N) is 1. The number of fused-ring (bicyclic) bond motifs is 3. The van der Waals surface area contributed by atoms with Crippen LogP contribution in [0, 0.1) is 5.41 Å². The Kier molecular flexibility index (Phi) is 4.19. The Morgan fingerprint density at radius 3 is 2.91 bits per heavy atom. The van der Waals surface area contributed by atoms with Crippen LogP contribution in [0.4, 0.5) is 0 Å². The molecule has 4 heterocycles. The molecule has 0 aromatic carbocycles. The highest BCUT2D eigenvalue weighted by Gasteiger charge is 2.21. The van der Waals surface area contributed by atoms with Gasteiger partial charge in [0, 0.05) is 44.1 Å². The zero-order chi connectivity index (χ0) is 15.8. The highest BCUT2D eigenvalue weighted by molar-refractivity contribution is 7.18. The molecule has 0 spiro atoms. The van der Waals surface area contributed by atoms with Gasteiger partial charge in [0.2, 0.25) is 0 Å². The van der Waals surface area contributed by atoms with Gasteiger partial charge in [-0.1, -0.05) is 0 Å². The molecule has 0 atom stereocenters. The molecule has 0 radical (unpaired) electrons. The minimum absolute atomic E-state index is 0.630. The van der Waals surface area contributed by atoms with Gasteiger partial charge in [-0.2, -0.15) is 0 Å².